The van der Waals surface area contributed by atoms with Crippen molar-refractivity contribution in [2.24, 2.45) is 0 Å². The lowest BCUT2D eigenvalue weighted by molar-refractivity contribution is 0.00303. The minimum Gasteiger partial charge on any atom is -0.388 e. The first-order valence-corrected chi connectivity index (χ1v) is 7.08. The highest BCUT2D eigenvalue weighted by Gasteiger charge is 2.32. The van der Waals surface area contributed by atoms with Gasteiger partial charge in [0.25, 0.3) is 5.91 Å². The van der Waals surface area contributed by atoms with E-state index in [0.717, 1.165) is 18.5 Å². The first kappa shape index (κ1) is 15.0. The minimum atomic E-state index is -0.694. The summed E-state index contributed by atoms with van der Waals surface area (Å²) in [7, 11) is 3.91. The van der Waals surface area contributed by atoms with Crippen molar-refractivity contribution in [2.45, 2.75) is 31.8 Å². The third-order valence-electron chi connectivity index (χ3n) is 3.74. The second kappa shape index (κ2) is 5.93. The van der Waals surface area contributed by atoms with Gasteiger partial charge in [0, 0.05) is 25.3 Å². The van der Waals surface area contributed by atoms with Crippen LogP contribution in [-0.4, -0.2) is 70.3 Å². The van der Waals surface area contributed by atoms with Gasteiger partial charge in [-0.3, -0.25) is 9.89 Å². The van der Waals surface area contributed by atoms with E-state index in [1.807, 2.05) is 25.9 Å². The van der Waals surface area contributed by atoms with Crippen LogP contribution in [0.1, 0.15) is 35.4 Å². The summed E-state index contributed by atoms with van der Waals surface area (Å²) in [5.41, 5.74) is 0.646. The van der Waals surface area contributed by atoms with Gasteiger partial charge in [0.15, 0.2) is 0 Å². The topological polar surface area (TPSA) is 72.5 Å². The Bertz CT molecular complexity index is 471. The molecule has 6 heteroatoms. The monoisotopic (exact) mass is 280 g/mol. The van der Waals surface area contributed by atoms with E-state index < -0.39 is 5.60 Å². The van der Waals surface area contributed by atoms with Crippen molar-refractivity contribution in [1.82, 2.24) is 20.0 Å². The van der Waals surface area contributed by atoms with E-state index in [2.05, 4.69) is 10.2 Å². The summed E-state index contributed by atoms with van der Waals surface area (Å²) in [5, 5.41) is 17.4. The van der Waals surface area contributed by atoms with Gasteiger partial charge < -0.3 is 14.9 Å². The van der Waals surface area contributed by atoms with E-state index in [0.29, 0.717) is 31.7 Å². The number of nitrogens with zero attached hydrogens (tertiary/aromatic N) is 3. The molecule has 1 aromatic heterocycles. The number of rotatable bonds is 3. The number of aromatic nitrogens is 2. The summed E-state index contributed by atoms with van der Waals surface area (Å²) >= 11 is 0. The van der Waals surface area contributed by atoms with Crippen LogP contribution in [0.25, 0.3) is 0 Å². The third-order valence-corrected chi connectivity index (χ3v) is 3.74. The molecule has 20 heavy (non-hydrogen) atoms. The summed E-state index contributed by atoms with van der Waals surface area (Å²) in [6, 6.07) is 1.76. The number of nitrogens with one attached hydrogen (secondary N) is 1. The third kappa shape index (κ3) is 3.58. The zero-order chi connectivity index (χ0) is 14.8. The lowest BCUT2D eigenvalue weighted by Crippen LogP contribution is -2.41. The van der Waals surface area contributed by atoms with Crippen LogP contribution in [0.5, 0.6) is 0 Å². The summed E-state index contributed by atoms with van der Waals surface area (Å²) in [6.07, 6.45) is 2.16. The van der Waals surface area contributed by atoms with Crippen LogP contribution in [-0.2, 0) is 0 Å². The predicted molar refractivity (Wildman–Crippen MR) is 76.6 cm³/mol. The fraction of sp³-hybridized carbons (Fsp3) is 0.714. The van der Waals surface area contributed by atoms with Crippen molar-refractivity contribution in [2.75, 3.05) is 33.7 Å². The number of likely N-dealkylation sites (tertiary alicyclic amines) is 1. The van der Waals surface area contributed by atoms with Gasteiger partial charge in [-0.25, -0.2) is 0 Å². The molecule has 1 aliphatic rings. The molecule has 1 aromatic rings. The number of hydrogen-bond donors (Lipinski definition) is 2. The highest BCUT2D eigenvalue weighted by molar-refractivity contribution is 5.92. The molecule has 112 valence electrons. The molecule has 0 bridgehead atoms. The van der Waals surface area contributed by atoms with Gasteiger partial charge >= 0.3 is 0 Å². The fourth-order valence-electron chi connectivity index (χ4n) is 2.82. The van der Waals surface area contributed by atoms with E-state index in [1.54, 1.807) is 11.0 Å². The van der Waals surface area contributed by atoms with Gasteiger partial charge in [0.2, 0.25) is 0 Å². The standard InChI is InChI=1S/C14H24N4O2/c1-11-9-12(16-15-11)13(19)18-7-4-5-14(20,6-8-18)10-17(2)3/h9,20H,4-8,10H2,1-3H3,(H,15,16). The number of carbonyl (C=O) groups is 1. The number of amides is 1. The van der Waals surface area contributed by atoms with E-state index in [9.17, 15) is 9.90 Å². The van der Waals surface area contributed by atoms with Gasteiger partial charge in [-0.2, -0.15) is 5.10 Å². The maximum absolute atomic E-state index is 12.4. The SMILES string of the molecule is Cc1cc(C(=O)N2CCCC(O)(CN(C)C)CC2)n[nH]1. The van der Waals surface area contributed by atoms with Crippen molar-refractivity contribution < 1.29 is 9.90 Å². The molecule has 1 fully saturated rings. The Labute approximate surface area is 119 Å². The van der Waals surface area contributed by atoms with Crippen LogP contribution in [0, 0.1) is 6.92 Å². The normalized spacial score (nSPS) is 23.9. The Morgan fingerprint density at radius 3 is 2.85 bits per heavy atom. The Kier molecular flexibility index (Phi) is 4.45. The summed E-state index contributed by atoms with van der Waals surface area (Å²) < 4.78 is 0. The Hall–Kier alpha value is -1.40. The van der Waals surface area contributed by atoms with Crippen molar-refractivity contribution in [3.05, 3.63) is 17.5 Å². The second-order valence-electron chi connectivity index (χ2n) is 6.04. The van der Waals surface area contributed by atoms with Crippen LogP contribution >= 0.6 is 0 Å². The molecule has 1 aliphatic heterocycles. The summed E-state index contributed by atoms with van der Waals surface area (Å²) in [4.78, 5) is 16.1. The van der Waals surface area contributed by atoms with Gasteiger partial charge in [-0.15, -0.1) is 0 Å². The molecule has 0 aliphatic carbocycles. The van der Waals surface area contributed by atoms with Gasteiger partial charge in [0.05, 0.1) is 5.60 Å². The van der Waals surface area contributed by atoms with E-state index >= 15 is 0 Å². The largest absolute Gasteiger partial charge is 0.388 e. The molecule has 6 nitrogen and oxygen atoms in total. The average molecular weight is 280 g/mol. The van der Waals surface area contributed by atoms with E-state index in [-0.39, 0.29) is 5.91 Å². The maximum Gasteiger partial charge on any atom is 0.274 e. The molecule has 2 N–H and O–H groups in total. The summed E-state index contributed by atoms with van der Waals surface area (Å²) in [6.45, 7) is 3.77. The highest BCUT2D eigenvalue weighted by atomic mass is 16.3. The van der Waals surface area contributed by atoms with Crippen LogP contribution in [0.15, 0.2) is 6.07 Å². The maximum atomic E-state index is 12.4. The molecule has 0 saturated carbocycles. The van der Waals surface area contributed by atoms with Crippen LogP contribution in [0.4, 0.5) is 0 Å². The van der Waals surface area contributed by atoms with Crippen molar-refractivity contribution in [3.63, 3.8) is 0 Å². The van der Waals surface area contributed by atoms with Gasteiger partial charge in [0.1, 0.15) is 5.69 Å². The van der Waals surface area contributed by atoms with Crippen molar-refractivity contribution in [1.29, 1.82) is 0 Å². The molecule has 1 unspecified atom stereocenters. The van der Waals surface area contributed by atoms with E-state index in [1.165, 1.54) is 0 Å². The second-order valence-corrected chi connectivity index (χ2v) is 6.04. The lowest BCUT2D eigenvalue weighted by atomic mass is 9.94. The molecule has 1 amide bonds. The van der Waals surface area contributed by atoms with Crippen LogP contribution < -0.4 is 0 Å². The zero-order valence-corrected chi connectivity index (χ0v) is 12.5. The Morgan fingerprint density at radius 1 is 1.50 bits per heavy atom. The van der Waals surface area contributed by atoms with Gasteiger partial charge in [-0.1, -0.05) is 0 Å². The molecule has 0 aromatic carbocycles. The first-order valence-electron chi connectivity index (χ1n) is 7.08. The zero-order valence-electron chi connectivity index (χ0n) is 12.5. The predicted octanol–water partition coefficient (Wildman–Crippen LogP) is 0.637. The molecular formula is C14H24N4O2. The Morgan fingerprint density at radius 2 is 2.25 bits per heavy atom. The molecule has 0 spiro atoms. The first-order chi connectivity index (χ1) is 9.39. The number of likely N-dealkylation sites (N-methyl/N-ethyl adjacent to an activating group) is 1. The average Bonchev–Trinajstić information content (AvgIpc) is 2.69. The van der Waals surface area contributed by atoms with E-state index in [4.69, 9.17) is 0 Å². The van der Waals surface area contributed by atoms with Crippen LogP contribution in [0.2, 0.25) is 0 Å². The number of aliphatic hydroxyl groups is 1. The fourth-order valence-corrected chi connectivity index (χ4v) is 2.82. The molecular weight excluding hydrogens is 256 g/mol. The number of carbonyl (C=O) groups excluding carboxylic acids is 1. The molecule has 0 radical (unpaired) electrons. The highest BCUT2D eigenvalue weighted by Crippen LogP contribution is 2.23. The van der Waals surface area contributed by atoms with Crippen molar-refractivity contribution >= 4 is 5.91 Å². The number of hydrogen-bond acceptors (Lipinski definition) is 4. The van der Waals surface area contributed by atoms with Gasteiger partial charge in [-0.05, 0) is 46.3 Å². The molecule has 2 rings (SSSR count). The Balaban J connectivity index is 2.00. The number of aromatic amines is 1. The quantitative estimate of drug-likeness (QED) is 0.852. The van der Waals surface area contributed by atoms with Crippen molar-refractivity contribution in [3.8, 4) is 0 Å². The number of aryl methyl sites for hydroxylation is 1. The molecule has 1 saturated heterocycles. The molecule has 2 heterocycles. The smallest absolute Gasteiger partial charge is 0.274 e. The minimum absolute atomic E-state index is 0.0524. The summed E-state index contributed by atoms with van der Waals surface area (Å²) in [5.74, 6) is -0.0524. The number of H-pyrrole nitrogens is 1. The lowest BCUT2D eigenvalue weighted by Gasteiger charge is -2.29. The van der Waals surface area contributed by atoms with Crippen LogP contribution in [0.3, 0.4) is 0 Å². The molecule has 1 atom stereocenters.